The van der Waals surface area contributed by atoms with Crippen molar-refractivity contribution in [2.24, 2.45) is 11.7 Å². The Morgan fingerprint density at radius 3 is 2.50 bits per heavy atom. The van der Waals surface area contributed by atoms with Gasteiger partial charge in [0.2, 0.25) is 0 Å². The third kappa shape index (κ3) is 4.81. The van der Waals surface area contributed by atoms with Crippen molar-refractivity contribution in [3.8, 4) is 0 Å². The minimum Gasteiger partial charge on any atom is -0.333 e. The fraction of sp³-hybridized carbons (Fsp3) is 0.800. The maximum Gasteiger partial charge on any atom is 0.0948 e. The molecule has 0 aliphatic carbocycles. The summed E-state index contributed by atoms with van der Waals surface area (Å²) in [5.74, 6) is 0.463. The van der Waals surface area contributed by atoms with Crippen molar-refractivity contribution in [3.63, 3.8) is 0 Å². The van der Waals surface area contributed by atoms with E-state index in [1.165, 1.54) is 44.2 Å². The van der Waals surface area contributed by atoms with E-state index < -0.39 is 0 Å². The lowest BCUT2D eigenvalue weighted by atomic mass is 10.0. The van der Waals surface area contributed by atoms with Crippen molar-refractivity contribution in [1.82, 2.24) is 9.55 Å². The topological polar surface area (TPSA) is 43.8 Å². The SMILES string of the molecule is CCCCCCCCn1cncc1C(N)C(C)C. The van der Waals surface area contributed by atoms with E-state index in [0.717, 1.165) is 6.54 Å². The number of nitrogens with two attached hydrogens (primary N) is 1. The Kier molecular flexibility index (Phi) is 7.02. The third-order valence-electron chi connectivity index (χ3n) is 3.56. The summed E-state index contributed by atoms with van der Waals surface area (Å²) < 4.78 is 2.23. The van der Waals surface area contributed by atoms with Crippen LogP contribution in [-0.4, -0.2) is 9.55 Å². The normalized spacial score (nSPS) is 13.2. The van der Waals surface area contributed by atoms with Gasteiger partial charge in [-0.15, -0.1) is 0 Å². The predicted molar refractivity (Wildman–Crippen MR) is 77.4 cm³/mol. The molecule has 0 aliphatic heterocycles. The van der Waals surface area contributed by atoms with Crippen LogP contribution in [0.3, 0.4) is 0 Å². The molecule has 0 aliphatic rings. The summed E-state index contributed by atoms with van der Waals surface area (Å²) >= 11 is 0. The summed E-state index contributed by atoms with van der Waals surface area (Å²) in [5, 5.41) is 0. The summed E-state index contributed by atoms with van der Waals surface area (Å²) in [6, 6.07) is 0.104. The summed E-state index contributed by atoms with van der Waals surface area (Å²) in [4.78, 5) is 4.24. The molecule has 18 heavy (non-hydrogen) atoms. The Labute approximate surface area is 112 Å². The molecule has 1 atom stereocenters. The number of imidazole rings is 1. The number of nitrogens with zero attached hydrogens (tertiary/aromatic N) is 2. The number of aromatic nitrogens is 2. The summed E-state index contributed by atoms with van der Waals surface area (Å²) in [6.45, 7) is 7.63. The molecule has 0 fully saturated rings. The van der Waals surface area contributed by atoms with Crippen LogP contribution in [0.15, 0.2) is 12.5 Å². The highest BCUT2D eigenvalue weighted by molar-refractivity contribution is 5.05. The molecule has 1 rings (SSSR count). The van der Waals surface area contributed by atoms with E-state index >= 15 is 0 Å². The van der Waals surface area contributed by atoms with Gasteiger partial charge in [0, 0.05) is 18.8 Å². The Bertz CT molecular complexity index is 317. The van der Waals surface area contributed by atoms with Gasteiger partial charge in [-0.2, -0.15) is 0 Å². The molecule has 3 nitrogen and oxygen atoms in total. The van der Waals surface area contributed by atoms with E-state index in [4.69, 9.17) is 5.73 Å². The first-order chi connectivity index (χ1) is 8.66. The number of rotatable bonds is 9. The first-order valence-corrected chi connectivity index (χ1v) is 7.42. The molecule has 1 aromatic rings. The van der Waals surface area contributed by atoms with E-state index in [1.54, 1.807) is 0 Å². The molecule has 1 heterocycles. The first kappa shape index (κ1) is 15.2. The van der Waals surface area contributed by atoms with E-state index in [-0.39, 0.29) is 6.04 Å². The monoisotopic (exact) mass is 251 g/mol. The van der Waals surface area contributed by atoms with Crippen LogP contribution in [0.4, 0.5) is 0 Å². The van der Waals surface area contributed by atoms with Gasteiger partial charge in [0.1, 0.15) is 0 Å². The average Bonchev–Trinajstić information content (AvgIpc) is 2.80. The molecule has 0 aromatic carbocycles. The third-order valence-corrected chi connectivity index (χ3v) is 3.56. The van der Waals surface area contributed by atoms with Crippen molar-refractivity contribution in [1.29, 1.82) is 0 Å². The van der Waals surface area contributed by atoms with Crippen LogP contribution in [0.2, 0.25) is 0 Å². The van der Waals surface area contributed by atoms with E-state index in [9.17, 15) is 0 Å². The highest BCUT2D eigenvalue weighted by Crippen LogP contribution is 2.19. The molecule has 1 unspecified atom stereocenters. The lowest BCUT2D eigenvalue weighted by molar-refractivity contribution is 0.467. The van der Waals surface area contributed by atoms with Gasteiger partial charge < -0.3 is 10.3 Å². The van der Waals surface area contributed by atoms with Gasteiger partial charge in [-0.1, -0.05) is 52.9 Å². The lowest BCUT2D eigenvalue weighted by Crippen LogP contribution is -2.20. The second-order valence-corrected chi connectivity index (χ2v) is 5.55. The summed E-state index contributed by atoms with van der Waals surface area (Å²) in [5.41, 5.74) is 7.37. The molecule has 3 heteroatoms. The minimum absolute atomic E-state index is 0.104. The fourth-order valence-corrected chi connectivity index (χ4v) is 2.20. The highest BCUT2D eigenvalue weighted by Gasteiger charge is 2.14. The van der Waals surface area contributed by atoms with Crippen LogP contribution in [-0.2, 0) is 6.54 Å². The minimum atomic E-state index is 0.104. The van der Waals surface area contributed by atoms with Crippen molar-refractivity contribution in [3.05, 3.63) is 18.2 Å². The van der Waals surface area contributed by atoms with Crippen LogP contribution in [0.5, 0.6) is 0 Å². The molecule has 104 valence electrons. The molecule has 0 saturated carbocycles. The van der Waals surface area contributed by atoms with Gasteiger partial charge in [0.05, 0.1) is 12.0 Å². The number of hydrogen-bond donors (Lipinski definition) is 1. The van der Waals surface area contributed by atoms with Crippen molar-refractivity contribution >= 4 is 0 Å². The first-order valence-electron chi connectivity index (χ1n) is 7.42. The Morgan fingerprint density at radius 2 is 1.83 bits per heavy atom. The van der Waals surface area contributed by atoms with Gasteiger partial charge in [-0.3, -0.25) is 0 Å². The zero-order valence-electron chi connectivity index (χ0n) is 12.2. The Hall–Kier alpha value is -0.830. The zero-order valence-corrected chi connectivity index (χ0v) is 12.2. The van der Waals surface area contributed by atoms with Crippen LogP contribution in [0, 0.1) is 5.92 Å². The van der Waals surface area contributed by atoms with Crippen molar-refractivity contribution < 1.29 is 0 Å². The zero-order chi connectivity index (χ0) is 13.4. The largest absolute Gasteiger partial charge is 0.333 e. The van der Waals surface area contributed by atoms with Gasteiger partial charge in [-0.05, 0) is 12.3 Å². The molecule has 0 bridgehead atoms. The lowest BCUT2D eigenvalue weighted by Gasteiger charge is -2.17. The van der Waals surface area contributed by atoms with Crippen LogP contribution in [0.1, 0.15) is 71.0 Å². The summed E-state index contributed by atoms with van der Waals surface area (Å²) in [6.07, 6.45) is 11.8. The highest BCUT2D eigenvalue weighted by atomic mass is 15.1. The quantitative estimate of drug-likeness (QED) is 0.676. The summed E-state index contributed by atoms with van der Waals surface area (Å²) in [7, 11) is 0. The molecule has 0 spiro atoms. The molecule has 0 saturated heterocycles. The van der Waals surface area contributed by atoms with Gasteiger partial charge in [-0.25, -0.2) is 4.98 Å². The van der Waals surface area contributed by atoms with Crippen LogP contribution < -0.4 is 5.73 Å². The number of aryl methyl sites for hydroxylation is 1. The molecule has 0 radical (unpaired) electrons. The molecular weight excluding hydrogens is 222 g/mol. The molecule has 0 amide bonds. The average molecular weight is 251 g/mol. The van der Waals surface area contributed by atoms with Gasteiger partial charge in [0.15, 0.2) is 0 Å². The van der Waals surface area contributed by atoms with Crippen molar-refractivity contribution in [2.45, 2.75) is 71.9 Å². The Morgan fingerprint density at radius 1 is 1.17 bits per heavy atom. The standard InChI is InChI=1S/C15H29N3/c1-4-5-6-7-8-9-10-18-12-17-11-14(18)15(16)13(2)3/h11-13,15H,4-10,16H2,1-3H3. The van der Waals surface area contributed by atoms with E-state index in [1.807, 2.05) is 12.5 Å². The number of hydrogen-bond acceptors (Lipinski definition) is 2. The molecule has 2 N–H and O–H groups in total. The van der Waals surface area contributed by atoms with Crippen molar-refractivity contribution in [2.75, 3.05) is 0 Å². The van der Waals surface area contributed by atoms with Crippen LogP contribution >= 0.6 is 0 Å². The van der Waals surface area contributed by atoms with E-state index in [0.29, 0.717) is 5.92 Å². The molecular formula is C15H29N3. The smallest absolute Gasteiger partial charge is 0.0948 e. The van der Waals surface area contributed by atoms with Crippen LogP contribution in [0.25, 0.3) is 0 Å². The van der Waals surface area contributed by atoms with Gasteiger partial charge in [0.25, 0.3) is 0 Å². The fourth-order valence-electron chi connectivity index (χ4n) is 2.20. The van der Waals surface area contributed by atoms with E-state index in [2.05, 4.69) is 30.3 Å². The maximum atomic E-state index is 6.19. The number of unbranched alkanes of at least 4 members (excludes halogenated alkanes) is 5. The maximum absolute atomic E-state index is 6.19. The van der Waals surface area contributed by atoms with Gasteiger partial charge >= 0.3 is 0 Å². The Balaban J connectivity index is 2.32. The predicted octanol–water partition coefficient (Wildman–Crippen LogP) is 3.90. The second-order valence-electron chi connectivity index (χ2n) is 5.55. The second kappa shape index (κ2) is 8.30. The molecule has 1 aromatic heterocycles.